The summed E-state index contributed by atoms with van der Waals surface area (Å²) < 4.78 is 0. The summed E-state index contributed by atoms with van der Waals surface area (Å²) in [4.78, 5) is 4.70. The van der Waals surface area contributed by atoms with Gasteiger partial charge < -0.3 is 5.73 Å². The third-order valence-electron chi connectivity index (χ3n) is 2.91. The number of H-pyrrole nitrogens is 1. The van der Waals surface area contributed by atoms with Crippen LogP contribution in [0.2, 0.25) is 0 Å². The molecule has 1 saturated carbocycles. The molecule has 1 aromatic heterocycles. The van der Waals surface area contributed by atoms with Crippen LogP contribution in [0.1, 0.15) is 31.9 Å². The molecule has 0 spiro atoms. The van der Waals surface area contributed by atoms with Gasteiger partial charge in [0.1, 0.15) is 10.7 Å². The fraction of sp³-hybridized carbons (Fsp3) is 0.462. The first-order valence-electron chi connectivity index (χ1n) is 5.95. The third kappa shape index (κ3) is 2.32. The maximum absolute atomic E-state index is 6.07. The van der Waals surface area contributed by atoms with Gasteiger partial charge in [0.15, 0.2) is 0 Å². The standard InChI is InChI=1S/C13H18N4/c1-4-10(14)12-8(3)16-17-11(5-2)13(12)15-9-6-7-9/h9,17H,2,4,6-7,14H2,1,3H3. The van der Waals surface area contributed by atoms with E-state index < -0.39 is 0 Å². The van der Waals surface area contributed by atoms with Gasteiger partial charge in [-0.2, -0.15) is 5.10 Å². The average Bonchev–Trinajstić information content (AvgIpc) is 3.13. The summed E-state index contributed by atoms with van der Waals surface area (Å²) in [6.07, 6.45) is 3.10. The van der Waals surface area contributed by atoms with Gasteiger partial charge in [-0.1, -0.05) is 19.2 Å². The molecular formula is C13H18N4. The van der Waals surface area contributed by atoms with E-state index in [0.717, 1.165) is 46.6 Å². The number of nitrogens with zero attached hydrogens (tertiary/aromatic N) is 2. The maximum atomic E-state index is 6.07. The lowest BCUT2D eigenvalue weighted by Gasteiger charge is -2.01. The first-order chi connectivity index (χ1) is 8.17. The molecule has 0 atom stereocenters. The maximum Gasteiger partial charge on any atom is 0.124 e. The van der Waals surface area contributed by atoms with Crippen molar-refractivity contribution in [3.8, 4) is 0 Å². The van der Waals surface area contributed by atoms with E-state index in [1.54, 1.807) is 0 Å². The van der Waals surface area contributed by atoms with Gasteiger partial charge in [0.05, 0.1) is 11.7 Å². The van der Waals surface area contributed by atoms with Crippen molar-refractivity contribution in [2.24, 2.45) is 10.7 Å². The SMILES string of the molecule is C=C=c1[nH]nc(C)c(=C(N)CC)c1=NC1CC1. The van der Waals surface area contributed by atoms with E-state index in [2.05, 4.69) is 22.5 Å². The molecule has 0 aromatic carbocycles. The van der Waals surface area contributed by atoms with Crippen molar-refractivity contribution >= 4 is 11.4 Å². The van der Waals surface area contributed by atoms with Crippen molar-refractivity contribution in [1.82, 2.24) is 10.2 Å². The van der Waals surface area contributed by atoms with E-state index in [1.807, 2.05) is 13.8 Å². The first-order valence-corrected chi connectivity index (χ1v) is 5.95. The number of nitrogens with one attached hydrogen (secondary N) is 1. The largest absolute Gasteiger partial charge is 0.401 e. The van der Waals surface area contributed by atoms with Gasteiger partial charge in [0, 0.05) is 10.9 Å². The van der Waals surface area contributed by atoms with Crippen molar-refractivity contribution in [1.29, 1.82) is 0 Å². The van der Waals surface area contributed by atoms with Crippen molar-refractivity contribution in [2.45, 2.75) is 39.2 Å². The molecule has 2 rings (SSSR count). The van der Waals surface area contributed by atoms with Crippen LogP contribution in [-0.4, -0.2) is 16.2 Å². The van der Waals surface area contributed by atoms with Gasteiger partial charge in [0.2, 0.25) is 0 Å². The van der Waals surface area contributed by atoms with Crippen LogP contribution in [0.25, 0.3) is 11.4 Å². The molecule has 90 valence electrons. The van der Waals surface area contributed by atoms with Crippen molar-refractivity contribution < 1.29 is 0 Å². The minimum atomic E-state index is 0.431. The Balaban J connectivity index is 2.95. The number of hydrogen-bond donors (Lipinski definition) is 2. The van der Waals surface area contributed by atoms with E-state index in [4.69, 9.17) is 10.7 Å². The first kappa shape index (κ1) is 11.7. The smallest absolute Gasteiger partial charge is 0.124 e. The van der Waals surface area contributed by atoms with Crippen LogP contribution in [-0.2, 0) is 0 Å². The summed E-state index contributed by atoms with van der Waals surface area (Å²) >= 11 is 0. The molecule has 4 heteroatoms. The molecule has 3 N–H and O–H groups in total. The van der Waals surface area contributed by atoms with Crippen LogP contribution in [0.4, 0.5) is 0 Å². The molecule has 0 amide bonds. The second-order valence-corrected chi connectivity index (χ2v) is 4.32. The number of rotatable bonds is 2. The van der Waals surface area contributed by atoms with Gasteiger partial charge in [-0.3, -0.25) is 10.1 Å². The topological polar surface area (TPSA) is 67.1 Å². The molecule has 1 aromatic rings. The predicted octanol–water partition coefficient (Wildman–Crippen LogP) is -0.176. The summed E-state index contributed by atoms with van der Waals surface area (Å²) in [5.74, 6) is 0. The highest BCUT2D eigenvalue weighted by molar-refractivity contribution is 5.40. The fourth-order valence-electron chi connectivity index (χ4n) is 1.74. The van der Waals surface area contributed by atoms with Crippen molar-refractivity contribution in [2.75, 3.05) is 0 Å². The Morgan fingerprint density at radius 3 is 2.88 bits per heavy atom. The van der Waals surface area contributed by atoms with Crippen LogP contribution in [0, 0.1) is 6.92 Å². The van der Waals surface area contributed by atoms with Gasteiger partial charge in [0.25, 0.3) is 0 Å². The molecule has 0 aliphatic heterocycles. The monoisotopic (exact) mass is 230 g/mol. The Bertz CT molecular complexity index is 628. The lowest BCUT2D eigenvalue weighted by atomic mass is 10.2. The molecular weight excluding hydrogens is 212 g/mol. The normalized spacial score (nSPS) is 17.9. The van der Waals surface area contributed by atoms with Crippen LogP contribution < -0.4 is 21.7 Å². The zero-order chi connectivity index (χ0) is 12.4. The van der Waals surface area contributed by atoms with Crippen LogP contribution >= 0.6 is 0 Å². The molecule has 0 unspecified atom stereocenters. The van der Waals surface area contributed by atoms with Crippen LogP contribution in [0.3, 0.4) is 0 Å². The molecule has 1 fully saturated rings. The molecule has 4 nitrogen and oxygen atoms in total. The summed E-state index contributed by atoms with van der Waals surface area (Å²) in [6.45, 7) is 7.64. The van der Waals surface area contributed by atoms with Crippen molar-refractivity contribution in [3.63, 3.8) is 0 Å². The summed E-state index contributed by atoms with van der Waals surface area (Å²) in [6, 6.07) is 0.431. The van der Waals surface area contributed by atoms with Gasteiger partial charge in [-0.15, -0.1) is 0 Å². The lowest BCUT2D eigenvalue weighted by molar-refractivity contribution is 0.875. The minimum Gasteiger partial charge on any atom is -0.401 e. The Morgan fingerprint density at radius 2 is 2.35 bits per heavy atom. The number of nitrogens with two attached hydrogens (primary N) is 1. The highest BCUT2D eigenvalue weighted by atomic mass is 15.1. The molecule has 1 heterocycles. The van der Waals surface area contributed by atoms with Gasteiger partial charge in [-0.25, -0.2) is 0 Å². The highest BCUT2D eigenvalue weighted by Gasteiger charge is 2.20. The second kappa shape index (κ2) is 4.60. The van der Waals surface area contributed by atoms with E-state index in [-0.39, 0.29) is 0 Å². The van der Waals surface area contributed by atoms with E-state index in [0.29, 0.717) is 6.04 Å². The van der Waals surface area contributed by atoms with Crippen LogP contribution in [0.5, 0.6) is 0 Å². The number of hydrogen-bond acceptors (Lipinski definition) is 3. The van der Waals surface area contributed by atoms with E-state index in [1.165, 1.54) is 0 Å². The quantitative estimate of drug-likeness (QED) is 0.740. The summed E-state index contributed by atoms with van der Waals surface area (Å²) in [7, 11) is 0. The van der Waals surface area contributed by atoms with E-state index >= 15 is 0 Å². The van der Waals surface area contributed by atoms with Crippen LogP contribution in [0.15, 0.2) is 11.6 Å². The van der Waals surface area contributed by atoms with Crippen molar-refractivity contribution in [3.05, 3.63) is 28.2 Å². The highest BCUT2D eigenvalue weighted by Crippen LogP contribution is 2.22. The predicted molar refractivity (Wildman–Crippen MR) is 68.1 cm³/mol. The average molecular weight is 230 g/mol. The molecule has 0 bridgehead atoms. The number of aromatic nitrogens is 2. The molecule has 0 saturated heterocycles. The molecule has 17 heavy (non-hydrogen) atoms. The zero-order valence-electron chi connectivity index (χ0n) is 10.4. The zero-order valence-corrected chi connectivity index (χ0v) is 10.4. The molecule has 1 aliphatic carbocycles. The Labute approximate surface area is 100 Å². The summed E-state index contributed by atoms with van der Waals surface area (Å²) in [5.41, 5.74) is 10.6. The summed E-state index contributed by atoms with van der Waals surface area (Å²) in [5, 5.41) is 9.69. The second-order valence-electron chi connectivity index (χ2n) is 4.32. The number of aromatic amines is 1. The van der Waals surface area contributed by atoms with Gasteiger partial charge in [-0.05, 0) is 26.2 Å². The molecule has 1 aliphatic rings. The fourth-order valence-corrected chi connectivity index (χ4v) is 1.74. The Kier molecular flexibility index (Phi) is 3.16. The Morgan fingerprint density at radius 1 is 1.65 bits per heavy atom. The third-order valence-corrected chi connectivity index (χ3v) is 2.91. The Hall–Kier alpha value is -1.80. The molecule has 0 radical (unpaired) electrons. The minimum absolute atomic E-state index is 0.431. The van der Waals surface area contributed by atoms with E-state index in [9.17, 15) is 0 Å². The lowest BCUT2D eigenvalue weighted by Crippen LogP contribution is -2.46. The van der Waals surface area contributed by atoms with Gasteiger partial charge >= 0.3 is 0 Å². The number of aryl methyl sites for hydroxylation is 1.